The standard InChI is InChI=1S/C16H22ClN3/c1-10-5-6-13(7-11(10)2)8-14(18)9-15-12(3)19-20(4)16(15)17/h5-7,14H,8-9,18H2,1-4H3. The highest BCUT2D eigenvalue weighted by Crippen LogP contribution is 2.21. The van der Waals surface area contributed by atoms with Gasteiger partial charge in [0, 0.05) is 18.7 Å². The maximum absolute atomic E-state index is 6.28. The molecule has 1 unspecified atom stereocenters. The van der Waals surface area contributed by atoms with Crippen molar-refractivity contribution in [1.82, 2.24) is 9.78 Å². The van der Waals surface area contributed by atoms with E-state index in [-0.39, 0.29) is 6.04 Å². The number of hydrogen-bond donors (Lipinski definition) is 1. The van der Waals surface area contributed by atoms with Gasteiger partial charge in [0.25, 0.3) is 0 Å². The van der Waals surface area contributed by atoms with Crippen LogP contribution >= 0.6 is 11.6 Å². The van der Waals surface area contributed by atoms with E-state index in [2.05, 4.69) is 37.1 Å². The number of rotatable bonds is 4. The van der Waals surface area contributed by atoms with Gasteiger partial charge in [-0.15, -0.1) is 0 Å². The van der Waals surface area contributed by atoms with E-state index in [0.29, 0.717) is 5.15 Å². The molecule has 3 nitrogen and oxygen atoms in total. The van der Waals surface area contributed by atoms with Crippen LogP contribution in [0.1, 0.15) is 27.9 Å². The van der Waals surface area contributed by atoms with E-state index in [9.17, 15) is 0 Å². The molecule has 0 saturated heterocycles. The van der Waals surface area contributed by atoms with Gasteiger partial charge in [-0.05, 0) is 50.3 Å². The molecule has 1 heterocycles. The van der Waals surface area contributed by atoms with Gasteiger partial charge in [-0.3, -0.25) is 4.68 Å². The lowest BCUT2D eigenvalue weighted by Gasteiger charge is -2.13. The summed E-state index contributed by atoms with van der Waals surface area (Å²) in [4.78, 5) is 0. The molecular weight excluding hydrogens is 270 g/mol. The zero-order chi connectivity index (χ0) is 14.9. The maximum atomic E-state index is 6.28. The molecule has 2 aromatic rings. The Labute approximate surface area is 125 Å². The average molecular weight is 292 g/mol. The quantitative estimate of drug-likeness (QED) is 0.940. The second kappa shape index (κ2) is 5.98. The van der Waals surface area contributed by atoms with Crippen molar-refractivity contribution in [3.63, 3.8) is 0 Å². The fraction of sp³-hybridized carbons (Fsp3) is 0.438. The molecular formula is C16H22ClN3. The Morgan fingerprint density at radius 2 is 1.90 bits per heavy atom. The molecule has 0 fully saturated rings. The molecule has 0 bridgehead atoms. The van der Waals surface area contributed by atoms with Gasteiger partial charge in [0.1, 0.15) is 5.15 Å². The molecule has 0 aliphatic heterocycles. The summed E-state index contributed by atoms with van der Waals surface area (Å²) in [6, 6.07) is 6.57. The van der Waals surface area contributed by atoms with Crippen LogP contribution in [0.2, 0.25) is 5.15 Å². The van der Waals surface area contributed by atoms with Gasteiger partial charge in [-0.1, -0.05) is 29.8 Å². The van der Waals surface area contributed by atoms with Gasteiger partial charge in [0.2, 0.25) is 0 Å². The highest BCUT2D eigenvalue weighted by atomic mass is 35.5. The van der Waals surface area contributed by atoms with Crippen LogP contribution in [-0.2, 0) is 19.9 Å². The average Bonchev–Trinajstić information content (AvgIpc) is 2.61. The van der Waals surface area contributed by atoms with Crippen LogP contribution in [0.3, 0.4) is 0 Å². The number of aryl methyl sites for hydroxylation is 4. The fourth-order valence-corrected chi connectivity index (χ4v) is 2.73. The van der Waals surface area contributed by atoms with Gasteiger partial charge in [0.05, 0.1) is 5.69 Å². The Morgan fingerprint density at radius 3 is 2.45 bits per heavy atom. The van der Waals surface area contributed by atoms with Crippen molar-refractivity contribution in [2.45, 2.75) is 39.7 Å². The highest BCUT2D eigenvalue weighted by Gasteiger charge is 2.15. The van der Waals surface area contributed by atoms with E-state index < -0.39 is 0 Å². The normalized spacial score (nSPS) is 12.7. The molecule has 20 heavy (non-hydrogen) atoms. The molecule has 4 heteroatoms. The minimum Gasteiger partial charge on any atom is -0.327 e. The molecule has 1 aromatic carbocycles. The first-order valence-electron chi connectivity index (χ1n) is 6.88. The van der Waals surface area contributed by atoms with Gasteiger partial charge in [-0.2, -0.15) is 5.10 Å². The summed E-state index contributed by atoms with van der Waals surface area (Å²) < 4.78 is 1.70. The van der Waals surface area contributed by atoms with Gasteiger partial charge >= 0.3 is 0 Å². The molecule has 0 spiro atoms. The smallest absolute Gasteiger partial charge is 0.130 e. The summed E-state index contributed by atoms with van der Waals surface area (Å²) in [7, 11) is 1.85. The van der Waals surface area contributed by atoms with E-state index in [4.69, 9.17) is 17.3 Å². The first-order valence-corrected chi connectivity index (χ1v) is 7.26. The van der Waals surface area contributed by atoms with Crippen LogP contribution in [0.15, 0.2) is 18.2 Å². The zero-order valence-corrected chi connectivity index (χ0v) is 13.3. The maximum Gasteiger partial charge on any atom is 0.130 e. The van der Waals surface area contributed by atoms with E-state index in [0.717, 1.165) is 24.1 Å². The Balaban J connectivity index is 2.08. The van der Waals surface area contributed by atoms with Crippen molar-refractivity contribution < 1.29 is 0 Å². The molecule has 2 N–H and O–H groups in total. The van der Waals surface area contributed by atoms with E-state index >= 15 is 0 Å². The minimum absolute atomic E-state index is 0.0532. The molecule has 1 aromatic heterocycles. The Hall–Kier alpha value is -1.32. The first-order chi connectivity index (χ1) is 9.38. The molecule has 1 atom stereocenters. The summed E-state index contributed by atoms with van der Waals surface area (Å²) in [6.45, 7) is 6.23. The molecule has 108 valence electrons. The summed E-state index contributed by atoms with van der Waals surface area (Å²) in [6.07, 6.45) is 1.61. The summed E-state index contributed by atoms with van der Waals surface area (Å²) >= 11 is 6.25. The lowest BCUT2D eigenvalue weighted by Crippen LogP contribution is -2.26. The number of nitrogens with two attached hydrogens (primary N) is 1. The van der Waals surface area contributed by atoms with Crippen LogP contribution in [0.25, 0.3) is 0 Å². The molecule has 0 radical (unpaired) electrons. The van der Waals surface area contributed by atoms with Crippen LogP contribution in [-0.4, -0.2) is 15.8 Å². The first kappa shape index (κ1) is 15.1. The third-order valence-corrected chi connectivity index (χ3v) is 4.28. The Morgan fingerprint density at radius 1 is 1.20 bits per heavy atom. The summed E-state index contributed by atoms with van der Waals surface area (Å²) in [5, 5.41) is 5.02. The topological polar surface area (TPSA) is 43.8 Å². The number of hydrogen-bond acceptors (Lipinski definition) is 2. The molecule has 0 saturated carbocycles. The number of nitrogens with zero attached hydrogens (tertiary/aromatic N) is 2. The lowest BCUT2D eigenvalue weighted by molar-refractivity contribution is 0.662. The summed E-state index contributed by atoms with van der Waals surface area (Å²) in [5.74, 6) is 0. The van der Waals surface area contributed by atoms with Gasteiger partial charge in [0.15, 0.2) is 0 Å². The van der Waals surface area contributed by atoms with Crippen molar-refractivity contribution >= 4 is 11.6 Å². The van der Waals surface area contributed by atoms with Gasteiger partial charge < -0.3 is 5.73 Å². The number of halogens is 1. The fourth-order valence-electron chi connectivity index (χ4n) is 2.47. The van der Waals surface area contributed by atoms with Crippen LogP contribution < -0.4 is 5.73 Å². The predicted molar refractivity (Wildman–Crippen MR) is 84.3 cm³/mol. The number of aromatic nitrogens is 2. The number of benzene rings is 1. The van der Waals surface area contributed by atoms with Crippen molar-refractivity contribution in [2.24, 2.45) is 12.8 Å². The van der Waals surface area contributed by atoms with E-state index in [1.54, 1.807) is 4.68 Å². The van der Waals surface area contributed by atoms with Crippen molar-refractivity contribution in [1.29, 1.82) is 0 Å². The highest BCUT2D eigenvalue weighted by molar-refractivity contribution is 6.30. The van der Waals surface area contributed by atoms with E-state index in [1.807, 2.05) is 14.0 Å². The van der Waals surface area contributed by atoms with Crippen molar-refractivity contribution in [3.05, 3.63) is 51.3 Å². The lowest BCUT2D eigenvalue weighted by atomic mass is 9.97. The van der Waals surface area contributed by atoms with Crippen molar-refractivity contribution in [3.8, 4) is 0 Å². The molecule has 0 aliphatic rings. The monoisotopic (exact) mass is 291 g/mol. The molecule has 2 rings (SSSR count). The largest absolute Gasteiger partial charge is 0.327 e. The molecule has 0 amide bonds. The Bertz CT molecular complexity index is 616. The second-order valence-electron chi connectivity index (χ2n) is 5.57. The van der Waals surface area contributed by atoms with Crippen LogP contribution in [0.5, 0.6) is 0 Å². The zero-order valence-electron chi connectivity index (χ0n) is 12.6. The van der Waals surface area contributed by atoms with Gasteiger partial charge in [-0.25, -0.2) is 0 Å². The Kier molecular flexibility index (Phi) is 4.51. The SMILES string of the molecule is Cc1ccc(CC(N)Cc2c(C)nn(C)c2Cl)cc1C. The summed E-state index contributed by atoms with van der Waals surface area (Å²) in [5.41, 5.74) is 12.2. The third-order valence-electron chi connectivity index (χ3n) is 3.81. The van der Waals surface area contributed by atoms with Crippen LogP contribution in [0, 0.1) is 20.8 Å². The van der Waals surface area contributed by atoms with Crippen molar-refractivity contribution in [2.75, 3.05) is 0 Å². The minimum atomic E-state index is 0.0532. The van der Waals surface area contributed by atoms with E-state index in [1.165, 1.54) is 16.7 Å². The third kappa shape index (κ3) is 3.22. The second-order valence-corrected chi connectivity index (χ2v) is 5.92. The molecule has 0 aliphatic carbocycles. The van der Waals surface area contributed by atoms with Crippen LogP contribution in [0.4, 0.5) is 0 Å². The predicted octanol–water partition coefficient (Wildman–Crippen LogP) is 3.11.